The van der Waals surface area contributed by atoms with E-state index in [1.807, 2.05) is 29.2 Å². The van der Waals surface area contributed by atoms with Gasteiger partial charge in [0.25, 0.3) is 0 Å². The van der Waals surface area contributed by atoms with Gasteiger partial charge in [0.2, 0.25) is 0 Å². The van der Waals surface area contributed by atoms with Crippen LogP contribution < -0.4 is 14.8 Å². The molecule has 0 heterocycles. The second-order valence-electron chi connectivity index (χ2n) is 4.74. The van der Waals surface area contributed by atoms with Crippen molar-refractivity contribution in [1.29, 1.82) is 0 Å². The maximum absolute atomic E-state index is 12.0. The van der Waals surface area contributed by atoms with Crippen LogP contribution in [-0.2, 0) is 0 Å². The lowest BCUT2D eigenvalue weighted by Crippen LogP contribution is -2.42. The number of nitrogens with zero attached hydrogens (tertiary/aromatic N) is 1. The van der Waals surface area contributed by atoms with E-state index >= 15 is 0 Å². The number of carbonyl (C=O) groups excluding carboxylic acids is 1. The monoisotopic (exact) mass is 294 g/mol. The Balaban J connectivity index is 2.26. The van der Waals surface area contributed by atoms with E-state index in [0.717, 1.165) is 37.4 Å². The highest BCUT2D eigenvalue weighted by Crippen LogP contribution is 2.16. The fraction of sp³-hybridized carbons (Fsp3) is 0.562. The number of hydrogen-bond donors (Lipinski definition) is 1. The van der Waals surface area contributed by atoms with Crippen LogP contribution in [0.15, 0.2) is 24.3 Å². The minimum atomic E-state index is -0.0166. The lowest BCUT2D eigenvalue weighted by Gasteiger charge is -2.21. The summed E-state index contributed by atoms with van der Waals surface area (Å²) in [5.74, 6) is 1.56. The number of rotatable bonds is 9. The minimum Gasteiger partial charge on any atom is -0.497 e. The Morgan fingerprint density at radius 2 is 1.67 bits per heavy atom. The van der Waals surface area contributed by atoms with E-state index < -0.39 is 0 Å². The fourth-order valence-corrected chi connectivity index (χ4v) is 1.97. The van der Waals surface area contributed by atoms with Crippen LogP contribution in [0.1, 0.15) is 26.7 Å². The predicted molar refractivity (Wildman–Crippen MR) is 84.0 cm³/mol. The molecule has 5 nitrogen and oxygen atoms in total. The highest BCUT2D eigenvalue weighted by atomic mass is 16.5. The smallest absolute Gasteiger partial charge is 0.317 e. The lowest BCUT2D eigenvalue weighted by atomic mass is 10.3. The molecule has 1 N–H and O–H groups in total. The van der Waals surface area contributed by atoms with Gasteiger partial charge in [-0.15, -0.1) is 0 Å². The molecule has 0 bridgehead atoms. The van der Waals surface area contributed by atoms with E-state index in [0.29, 0.717) is 13.2 Å². The van der Waals surface area contributed by atoms with Gasteiger partial charge >= 0.3 is 6.03 Å². The number of ether oxygens (including phenoxy) is 2. The van der Waals surface area contributed by atoms with E-state index in [4.69, 9.17) is 9.47 Å². The minimum absolute atomic E-state index is 0.0166. The Kier molecular flexibility index (Phi) is 8.09. The third-order valence-corrected chi connectivity index (χ3v) is 2.98. The summed E-state index contributed by atoms with van der Waals surface area (Å²) in [7, 11) is 1.63. The third kappa shape index (κ3) is 6.38. The second kappa shape index (κ2) is 9.91. The summed E-state index contributed by atoms with van der Waals surface area (Å²) < 4.78 is 10.6. The van der Waals surface area contributed by atoms with Crippen molar-refractivity contribution >= 4 is 6.03 Å². The van der Waals surface area contributed by atoms with Gasteiger partial charge in [-0.3, -0.25) is 0 Å². The zero-order chi connectivity index (χ0) is 15.5. The molecule has 0 aromatic heterocycles. The van der Waals surface area contributed by atoms with E-state index in [1.165, 1.54) is 0 Å². The van der Waals surface area contributed by atoms with Crippen LogP contribution in [0, 0.1) is 0 Å². The first kappa shape index (κ1) is 17.1. The Bertz CT molecular complexity index is 400. The predicted octanol–water partition coefficient (Wildman–Crippen LogP) is 2.91. The Morgan fingerprint density at radius 1 is 1.10 bits per heavy atom. The van der Waals surface area contributed by atoms with Crippen LogP contribution in [0.3, 0.4) is 0 Å². The van der Waals surface area contributed by atoms with E-state index in [9.17, 15) is 4.79 Å². The molecule has 0 saturated heterocycles. The van der Waals surface area contributed by atoms with Gasteiger partial charge in [-0.25, -0.2) is 4.79 Å². The molecule has 0 fully saturated rings. The summed E-state index contributed by atoms with van der Waals surface area (Å²) in [4.78, 5) is 13.8. The topological polar surface area (TPSA) is 50.8 Å². The van der Waals surface area contributed by atoms with Crippen molar-refractivity contribution in [1.82, 2.24) is 10.2 Å². The standard InChI is InChI=1S/C16H26N2O3/c1-4-11-18(12-5-2)16(19)17-10-13-21-15-8-6-14(20-3)7-9-15/h6-9H,4-5,10-13H2,1-3H3,(H,17,19). The van der Waals surface area contributed by atoms with Crippen LogP contribution >= 0.6 is 0 Å². The first-order valence-corrected chi connectivity index (χ1v) is 7.50. The van der Waals surface area contributed by atoms with Gasteiger partial charge in [-0.1, -0.05) is 13.8 Å². The molecule has 5 heteroatoms. The summed E-state index contributed by atoms with van der Waals surface area (Å²) in [6.07, 6.45) is 1.94. The lowest BCUT2D eigenvalue weighted by molar-refractivity contribution is 0.194. The largest absolute Gasteiger partial charge is 0.497 e. The summed E-state index contributed by atoms with van der Waals surface area (Å²) in [5.41, 5.74) is 0. The first-order chi connectivity index (χ1) is 10.2. The molecule has 1 aromatic rings. The SMILES string of the molecule is CCCN(CCC)C(=O)NCCOc1ccc(OC)cc1. The van der Waals surface area contributed by atoms with Crippen molar-refractivity contribution in [3.63, 3.8) is 0 Å². The average Bonchev–Trinajstić information content (AvgIpc) is 2.51. The van der Waals surface area contributed by atoms with Gasteiger partial charge in [0.05, 0.1) is 13.7 Å². The average molecular weight is 294 g/mol. The van der Waals surface area contributed by atoms with E-state index in [-0.39, 0.29) is 6.03 Å². The van der Waals surface area contributed by atoms with Gasteiger partial charge in [-0.2, -0.15) is 0 Å². The molecule has 0 aliphatic rings. The maximum Gasteiger partial charge on any atom is 0.317 e. The van der Waals surface area contributed by atoms with Crippen molar-refractivity contribution in [2.75, 3.05) is 33.4 Å². The van der Waals surface area contributed by atoms with Gasteiger partial charge in [0.1, 0.15) is 18.1 Å². The van der Waals surface area contributed by atoms with Crippen molar-refractivity contribution < 1.29 is 14.3 Å². The summed E-state index contributed by atoms with van der Waals surface area (Å²) in [6, 6.07) is 7.37. The first-order valence-electron chi connectivity index (χ1n) is 7.50. The van der Waals surface area contributed by atoms with Crippen LogP contribution in [-0.4, -0.2) is 44.3 Å². The molecule has 0 aliphatic heterocycles. The molecule has 118 valence electrons. The summed E-state index contributed by atoms with van der Waals surface area (Å²) in [6.45, 7) is 6.67. The number of carbonyl (C=O) groups is 1. The molecule has 1 aromatic carbocycles. The molecule has 21 heavy (non-hydrogen) atoms. The Morgan fingerprint density at radius 3 is 2.19 bits per heavy atom. The molecule has 0 radical (unpaired) electrons. The molecule has 0 saturated carbocycles. The van der Waals surface area contributed by atoms with Crippen molar-refractivity contribution in [3.05, 3.63) is 24.3 Å². The highest BCUT2D eigenvalue weighted by molar-refractivity contribution is 5.74. The Hall–Kier alpha value is -1.91. The van der Waals surface area contributed by atoms with E-state index in [1.54, 1.807) is 7.11 Å². The zero-order valence-electron chi connectivity index (χ0n) is 13.2. The molecule has 2 amide bonds. The molecular formula is C16H26N2O3. The molecule has 1 rings (SSSR count). The molecule has 0 aliphatic carbocycles. The molecule has 0 spiro atoms. The summed E-state index contributed by atoms with van der Waals surface area (Å²) >= 11 is 0. The van der Waals surface area contributed by atoms with Crippen LogP contribution in [0.2, 0.25) is 0 Å². The van der Waals surface area contributed by atoms with Crippen molar-refractivity contribution in [3.8, 4) is 11.5 Å². The van der Waals surface area contributed by atoms with Gasteiger partial charge in [0.15, 0.2) is 0 Å². The normalized spacial score (nSPS) is 10.0. The van der Waals surface area contributed by atoms with Crippen LogP contribution in [0.5, 0.6) is 11.5 Å². The van der Waals surface area contributed by atoms with Crippen LogP contribution in [0.4, 0.5) is 4.79 Å². The van der Waals surface area contributed by atoms with Gasteiger partial charge < -0.3 is 19.7 Å². The van der Waals surface area contributed by atoms with Gasteiger partial charge in [0, 0.05) is 13.1 Å². The highest BCUT2D eigenvalue weighted by Gasteiger charge is 2.10. The third-order valence-electron chi connectivity index (χ3n) is 2.98. The number of hydrogen-bond acceptors (Lipinski definition) is 3. The number of amides is 2. The second-order valence-corrected chi connectivity index (χ2v) is 4.74. The van der Waals surface area contributed by atoms with Crippen molar-refractivity contribution in [2.24, 2.45) is 0 Å². The fourth-order valence-electron chi connectivity index (χ4n) is 1.97. The number of nitrogens with one attached hydrogen (secondary N) is 1. The van der Waals surface area contributed by atoms with Crippen molar-refractivity contribution in [2.45, 2.75) is 26.7 Å². The van der Waals surface area contributed by atoms with E-state index in [2.05, 4.69) is 19.2 Å². The Labute approximate surface area is 127 Å². The van der Waals surface area contributed by atoms with Crippen LogP contribution in [0.25, 0.3) is 0 Å². The maximum atomic E-state index is 12.0. The summed E-state index contributed by atoms with van der Waals surface area (Å²) in [5, 5.41) is 2.88. The quantitative estimate of drug-likeness (QED) is 0.712. The number of benzene rings is 1. The molecule has 0 atom stereocenters. The number of urea groups is 1. The van der Waals surface area contributed by atoms with Gasteiger partial charge in [-0.05, 0) is 37.1 Å². The molecular weight excluding hydrogens is 268 g/mol. The number of methoxy groups -OCH3 is 1. The zero-order valence-corrected chi connectivity index (χ0v) is 13.2. The molecule has 0 unspecified atom stereocenters.